The number of carbonyl (C=O) groups is 1. The topological polar surface area (TPSA) is 84.0 Å². The van der Waals surface area contributed by atoms with Crippen LogP contribution in [0.15, 0.2) is 54.7 Å². The lowest BCUT2D eigenvalue weighted by Gasteiger charge is -2.10. The Morgan fingerprint density at radius 2 is 1.85 bits per heavy atom. The van der Waals surface area contributed by atoms with E-state index in [2.05, 4.69) is 11.1 Å². The number of aromatic amines is 1. The fourth-order valence-electron chi connectivity index (χ4n) is 3.77. The van der Waals surface area contributed by atoms with E-state index in [0.29, 0.717) is 18.4 Å². The first-order valence-corrected chi connectivity index (χ1v) is 8.71. The Kier molecular flexibility index (Phi) is 4.01. The van der Waals surface area contributed by atoms with Crippen molar-refractivity contribution in [2.45, 2.75) is 25.8 Å². The van der Waals surface area contributed by atoms with Crippen molar-refractivity contribution in [3.05, 3.63) is 71.5 Å². The van der Waals surface area contributed by atoms with E-state index in [0.717, 1.165) is 33.1 Å². The summed E-state index contributed by atoms with van der Waals surface area (Å²) in [6.07, 6.45) is 2.17. The Bertz CT molecular complexity index is 1110. The third-order valence-corrected chi connectivity index (χ3v) is 4.84. The molecular formula is C21H21N3O2. The summed E-state index contributed by atoms with van der Waals surface area (Å²) in [6.45, 7) is 1.95. The number of carboxylic acid groups (broad SMARTS) is 1. The van der Waals surface area contributed by atoms with E-state index in [1.807, 2.05) is 55.6 Å². The highest BCUT2D eigenvalue weighted by Gasteiger charge is 2.22. The summed E-state index contributed by atoms with van der Waals surface area (Å²) in [6, 6.07) is 15.6. The number of aromatic nitrogens is 2. The maximum atomic E-state index is 12.1. The van der Waals surface area contributed by atoms with Gasteiger partial charge in [-0.3, -0.25) is 0 Å². The minimum absolute atomic E-state index is 0.0511. The Morgan fingerprint density at radius 1 is 1.15 bits per heavy atom. The lowest BCUT2D eigenvalue weighted by Crippen LogP contribution is -2.19. The van der Waals surface area contributed by atoms with Gasteiger partial charge in [-0.1, -0.05) is 36.4 Å². The number of nitrogens with two attached hydrogens (primary N) is 1. The number of nitrogens with one attached hydrogen (secondary N) is 1. The Morgan fingerprint density at radius 3 is 2.58 bits per heavy atom. The Balaban J connectivity index is 1.95. The van der Waals surface area contributed by atoms with Crippen LogP contribution in [-0.2, 0) is 12.8 Å². The highest BCUT2D eigenvalue weighted by Crippen LogP contribution is 2.31. The SMILES string of the molecule is C[C@@H](N)Cc1c(Cc2c[nH]c3ccccc23)n(C(=O)O)c2ccccc12. The van der Waals surface area contributed by atoms with Crippen molar-refractivity contribution in [1.82, 2.24) is 9.55 Å². The molecule has 0 spiro atoms. The van der Waals surface area contributed by atoms with E-state index in [1.54, 1.807) is 0 Å². The zero-order chi connectivity index (χ0) is 18.3. The zero-order valence-corrected chi connectivity index (χ0v) is 14.6. The second-order valence-corrected chi connectivity index (χ2v) is 6.78. The molecule has 0 unspecified atom stereocenters. The lowest BCUT2D eigenvalue weighted by atomic mass is 9.99. The zero-order valence-electron chi connectivity index (χ0n) is 14.6. The van der Waals surface area contributed by atoms with Crippen LogP contribution < -0.4 is 5.73 Å². The average Bonchev–Trinajstić information content (AvgIpc) is 3.15. The van der Waals surface area contributed by atoms with Crippen molar-refractivity contribution >= 4 is 27.9 Å². The number of rotatable bonds is 4. The number of fused-ring (bicyclic) bond motifs is 2. The largest absolute Gasteiger partial charge is 0.464 e. The van der Waals surface area contributed by atoms with E-state index in [9.17, 15) is 9.90 Å². The van der Waals surface area contributed by atoms with Crippen LogP contribution >= 0.6 is 0 Å². The van der Waals surface area contributed by atoms with Crippen molar-refractivity contribution in [3.63, 3.8) is 0 Å². The molecule has 0 aliphatic carbocycles. The molecule has 0 saturated heterocycles. The van der Waals surface area contributed by atoms with Gasteiger partial charge in [0, 0.05) is 40.6 Å². The molecule has 4 aromatic rings. The third kappa shape index (κ3) is 2.66. The van der Waals surface area contributed by atoms with Gasteiger partial charge in [0.05, 0.1) is 5.52 Å². The van der Waals surface area contributed by atoms with Crippen LogP contribution in [0.25, 0.3) is 21.8 Å². The van der Waals surface area contributed by atoms with Crippen LogP contribution in [0.5, 0.6) is 0 Å². The minimum Gasteiger partial charge on any atom is -0.464 e. The molecule has 0 aliphatic heterocycles. The molecule has 0 saturated carbocycles. The predicted octanol–water partition coefficient (Wildman–Crippen LogP) is 4.13. The number of nitrogens with zero attached hydrogens (tertiary/aromatic N) is 1. The van der Waals surface area contributed by atoms with Gasteiger partial charge in [-0.05, 0) is 36.6 Å². The van der Waals surface area contributed by atoms with Crippen LogP contribution in [0.4, 0.5) is 4.79 Å². The summed E-state index contributed by atoms with van der Waals surface area (Å²) < 4.78 is 1.41. The van der Waals surface area contributed by atoms with Crippen LogP contribution in [0.2, 0.25) is 0 Å². The summed E-state index contributed by atoms with van der Waals surface area (Å²) in [5.74, 6) is 0. The summed E-state index contributed by atoms with van der Waals surface area (Å²) in [4.78, 5) is 15.3. The van der Waals surface area contributed by atoms with Gasteiger partial charge >= 0.3 is 6.09 Å². The highest BCUT2D eigenvalue weighted by molar-refractivity contribution is 5.94. The lowest BCUT2D eigenvalue weighted by molar-refractivity contribution is 0.196. The monoisotopic (exact) mass is 347 g/mol. The van der Waals surface area contributed by atoms with E-state index < -0.39 is 6.09 Å². The van der Waals surface area contributed by atoms with Gasteiger partial charge in [0.1, 0.15) is 0 Å². The van der Waals surface area contributed by atoms with Gasteiger partial charge < -0.3 is 15.8 Å². The van der Waals surface area contributed by atoms with Crippen LogP contribution in [0.3, 0.4) is 0 Å². The van der Waals surface area contributed by atoms with Crippen LogP contribution in [0, 0.1) is 0 Å². The van der Waals surface area contributed by atoms with E-state index in [1.165, 1.54) is 4.57 Å². The summed E-state index contributed by atoms with van der Waals surface area (Å²) in [7, 11) is 0. The fourth-order valence-corrected chi connectivity index (χ4v) is 3.77. The van der Waals surface area contributed by atoms with Gasteiger partial charge in [0.15, 0.2) is 0 Å². The molecule has 26 heavy (non-hydrogen) atoms. The van der Waals surface area contributed by atoms with Crippen molar-refractivity contribution in [2.75, 3.05) is 0 Å². The molecule has 4 N–H and O–H groups in total. The molecule has 0 aliphatic rings. The van der Waals surface area contributed by atoms with Gasteiger partial charge in [-0.15, -0.1) is 0 Å². The van der Waals surface area contributed by atoms with E-state index in [-0.39, 0.29) is 6.04 Å². The second kappa shape index (κ2) is 6.35. The number of hydrogen-bond donors (Lipinski definition) is 3. The number of hydrogen-bond acceptors (Lipinski definition) is 2. The van der Waals surface area contributed by atoms with Crippen molar-refractivity contribution in [2.24, 2.45) is 5.73 Å². The molecule has 1 atom stereocenters. The number of benzene rings is 2. The van der Waals surface area contributed by atoms with Gasteiger partial charge in [-0.25, -0.2) is 9.36 Å². The maximum Gasteiger partial charge on any atom is 0.416 e. The second-order valence-electron chi connectivity index (χ2n) is 6.78. The van der Waals surface area contributed by atoms with Crippen molar-refractivity contribution in [3.8, 4) is 0 Å². The highest BCUT2D eigenvalue weighted by atomic mass is 16.4. The molecule has 0 amide bonds. The van der Waals surface area contributed by atoms with Crippen LogP contribution in [0.1, 0.15) is 23.7 Å². The molecule has 5 nitrogen and oxygen atoms in total. The van der Waals surface area contributed by atoms with E-state index in [4.69, 9.17) is 5.73 Å². The molecular weight excluding hydrogens is 326 g/mol. The quantitative estimate of drug-likeness (QED) is 0.519. The smallest absolute Gasteiger partial charge is 0.416 e. The maximum absolute atomic E-state index is 12.1. The minimum atomic E-state index is -0.966. The standard InChI is InChI=1S/C21H21N3O2/c1-13(22)10-17-16-7-3-5-9-19(16)24(21(25)26)20(17)11-14-12-23-18-8-4-2-6-15(14)18/h2-9,12-13,23H,10-11,22H2,1H3,(H,25,26)/t13-/m1/s1. The number of para-hydroxylation sites is 2. The van der Waals surface area contributed by atoms with Crippen LogP contribution in [-0.4, -0.2) is 26.8 Å². The summed E-state index contributed by atoms with van der Waals surface area (Å²) in [5, 5.41) is 11.9. The fraction of sp³-hybridized carbons (Fsp3) is 0.190. The average molecular weight is 347 g/mol. The molecule has 2 aromatic carbocycles. The molecule has 0 radical (unpaired) electrons. The predicted molar refractivity (Wildman–Crippen MR) is 104 cm³/mol. The molecule has 5 heteroatoms. The van der Waals surface area contributed by atoms with Gasteiger partial charge in [0.2, 0.25) is 0 Å². The molecule has 0 bridgehead atoms. The molecule has 4 rings (SSSR count). The Labute approximate surface area is 151 Å². The number of H-pyrrole nitrogens is 1. The molecule has 2 aromatic heterocycles. The van der Waals surface area contributed by atoms with Crippen molar-refractivity contribution in [1.29, 1.82) is 0 Å². The first-order valence-electron chi connectivity index (χ1n) is 8.71. The summed E-state index contributed by atoms with van der Waals surface area (Å²) in [5.41, 5.74) is 10.7. The van der Waals surface area contributed by atoms with Gasteiger partial charge in [-0.2, -0.15) is 0 Å². The first-order chi connectivity index (χ1) is 12.6. The van der Waals surface area contributed by atoms with E-state index >= 15 is 0 Å². The third-order valence-electron chi connectivity index (χ3n) is 4.84. The summed E-state index contributed by atoms with van der Waals surface area (Å²) >= 11 is 0. The molecule has 0 fully saturated rings. The first kappa shape index (κ1) is 16.4. The normalized spacial score (nSPS) is 12.7. The Hall–Kier alpha value is -3.05. The van der Waals surface area contributed by atoms with Crippen molar-refractivity contribution < 1.29 is 9.90 Å². The van der Waals surface area contributed by atoms with Gasteiger partial charge in [0.25, 0.3) is 0 Å². The molecule has 132 valence electrons. The molecule has 2 heterocycles.